The Bertz CT molecular complexity index is 1580. The van der Waals surface area contributed by atoms with Gasteiger partial charge in [0.15, 0.2) is 0 Å². The van der Waals surface area contributed by atoms with Crippen LogP contribution in [0.25, 0.3) is 17.0 Å². The molecule has 1 aliphatic heterocycles. The van der Waals surface area contributed by atoms with E-state index in [9.17, 15) is 22.4 Å². The van der Waals surface area contributed by atoms with Gasteiger partial charge in [-0.1, -0.05) is 41.4 Å². The third-order valence-corrected chi connectivity index (χ3v) is 7.35. The van der Waals surface area contributed by atoms with E-state index in [0.717, 1.165) is 17.7 Å². The van der Waals surface area contributed by atoms with Crippen LogP contribution in [0.15, 0.2) is 60.8 Å². The Kier molecular flexibility index (Phi) is 7.66. The van der Waals surface area contributed by atoms with Crippen molar-refractivity contribution in [3.05, 3.63) is 105 Å². The minimum Gasteiger partial charge on any atom is -0.333 e. The Labute approximate surface area is 231 Å². The molecule has 202 valence electrons. The topological polar surface area (TPSA) is 50.2 Å². The maximum absolute atomic E-state index is 13.6. The quantitative estimate of drug-likeness (QED) is 0.200. The van der Waals surface area contributed by atoms with E-state index in [1.807, 2.05) is 18.2 Å². The Hall–Kier alpha value is -3.40. The summed E-state index contributed by atoms with van der Waals surface area (Å²) in [5.74, 6) is -0.668. The first-order valence-corrected chi connectivity index (χ1v) is 12.8. The van der Waals surface area contributed by atoms with Crippen molar-refractivity contribution in [1.82, 2.24) is 19.8 Å². The molecule has 0 fully saturated rings. The van der Waals surface area contributed by atoms with Gasteiger partial charge in [0.2, 0.25) is 5.95 Å². The Balaban J connectivity index is 1.42. The number of fused-ring (bicyclic) bond motifs is 3. The predicted octanol–water partition coefficient (Wildman–Crippen LogP) is 7.33. The van der Waals surface area contributed by atoms with Crippen LogP contribution in [-0.2, 0) is 25.7 Å². The highest BCUT2D eigenvalue weighted by molar-refractivity contribution is 6.42. The van der Waals surface area contributed by atoms with E-state index >= 15 is 0 Å². The maximum atomic E-state index is 13.6. The number of rotatable bonds is 5. The molecule has 0 aliphatic carbocycles. The number of hydrogen-bond acceptors (Lipinski definition) is 3. The second-order valence-electron chi connectivity index (χ2n) is 9.20. The summed E-state index contributed by atoms with van der Waals surface area (Å²) in [5, 5.41) is 4.04. The van der Waals surface area contributed by atoms with Crippen molar-refractivity contribution in [1.29, 1.82) is 0 Å². The second kappa shape index (κ2) is 11.0. The van der Waals surface area contributed by atoms with Crippen LogP contribution >= 0.6 is 23.2 Å². The van der Waals surface area contributed by atoms with Crippen molar-refractivity contribution in [3.8, 4) is 0 Å². The van der Waals surface area contributed by atoms with Crippen molar-refractivity contribution in [3.63, 3.8) is 0 Å². The largest absolute Gasteiger partial charge is 0.416 e. The lowest BCUT2D eigenvalue weighted by Crippen LogP contribution is -2.34. The van der Waals surface area contributed by atoms with Crippen molar-refractivity contribution < 1.29 is 22.4 Å². The van der Waals surface area contributed by atoms with Crippen molar-refractivity contribution >= 4 is 46.2 Å². The van der Waals surface area contributed by atoms with E-state index in [2.05, 4.69) is 15.2 Å². The molecule has 5 rings (SSSR count). The molecule has 1 aliphatic rings. The minimum atomic E-state index is -4.52. The highest BCUT2D eigenvalue weighted by Gasteiger charge is 2.33. The normalized spacial score (nSPS) is 14.2. The van der Waals surface area contributed by atoms with Gasteiger partial charge in [-0.25, -0.2) is 9.78 Å². The number of amides is 1. The fourth-order valence-electron chi connectivity index (χ4n) is 4.74. The molecular formula is C28H22Cl2F4N4O. The van der Waals surface area contributed by atoms with Gasteiger partial charge in [0.25, 0.3) is 0 Å². The third kappa shape index (κ3) is 5.95. The summed E-state index contributed by atoms with van der Waals surface area (Å²) in [6, 6.07) is 11.0. The predicted molar refractivity (Wildman–Crippen MR) is 143 cm³/mol. The average Bonchev–Trinajstić information content (AvgIpc) is 3.22. The zero-order chi connectivity index (χ0) is 27.7. The zero-order valence-corrected chi connectivity index (χ0v) is 21.9. The molecule has 0 saturated carbocycles. The Morgan fingerprint density at radius 3 is 2.64 bits per heavy atom. The number of pyridine rings is 1. The fraction of sp³-hybridized carbons (Fsp3) is 0.214. The van der Waals surface area contributed by atoms with E-state index in [0.29, 0.717) is 63.8 Å². The van der Waals surface area contributed by atoms with E-state index in [4.69, 9.17) is 23.2 Å². The standard InChI is InChI=1S/C28H22Cl2F4N4O/c29-22-5-3-17(12-23(22)30)2-1-10-37-11-8-25-21(16-37)20-14-19(28(32,33)34)4-6-24(20)38(25)27(39)36-15-18-7-9-35-26(31)13-18/h1-7,9,12-14H,8,10-11,15-16H2,(H,36,39)/b2-1+. The number of carbonyl (C=O) groups excluding carboxylic acids is 1. The van der Waals surface area contributed by atoms with Crippen LogP contribution in [0.3, 0.4) is 0 Å². The molecule has 3 heterocycles. The molecule has 0 saturated heterocycles. The number of benzene rings is 2. The minimum absolute atomic E-state index is 0.0407. The molecule has 4 aromatic rings. The highest BCUT2D eigenvalue weighted by Crippen LogP contribution is 2.36. The van der Waals surface area contributed by atoms with Gasteiger partial charge in [-0.2, -0.15) is 17.6 Å². The molecule has 1 N–H and O–H groups in total. The molecule has 0 radical (unpaired) electrons. The summed E-state index contributed by atoms with van der Waals surface area (Å²) in [7, 11) is 0. The first kappa shape index (κ1) is 27.2. The number of aromatic nitrogens is 2. The molecule has 11 heteroatoms. The van der Waals surface area contributed by atoms with Gasteiger partial charge < -0.3 is 5.32 Å². The summed E-state index contributed by atoms with van der Waals surface area (Å²) < 4.78 is 55.5. The van der Waals surface area contributed by atoms with Crippen molar-refractivity contribution in [2.45, 2.75) is 25.7 Å². The van der Waals surface area contributed by atoms with E-state index in [1.165, 1.54) is 22.9 Å². The molecule has 0 atom stereocenters. The lowest BCUT2D eigenvalue weighted by atomic mass is 10.0. The van der Waals surface area contributed by atoms with E-state index < -0.39 is 23.7 Å². The maximum Gasteiger partial charge on any atom is 0.416 e. The summed E-state index contributed by atoms with van der Waals surface area (Å²) in [4.78, 5) is 18.9. The number of halogens is 6. The molecular weight excluding hydrogens is 555 g/mol. The van der Waals surface area contributed by atoms with Crippen LogP contribution in [0.1, 0.15) is 27.9 Å². The van der Waals surface area contributed by atoms with Crippen molar-refractivity contribution in [2.75, 3.05) is 13.1 Å². The Morgan fingerprint density at radius 2 is 1.90 bits per heavy atom. The van der Waals surface area contributed by atoms with Gasteiger partial charge in [0, 0.05) is 49.9 Å². The SMILES string of the molecule is O=C(NCc1ccnc(F)c1)n1c2c(c3cc(C(F)(F)F)ccc31)CN(C/C=C/c1ccc(Cl)c(Cl)c1)CC2. The summed E-state index contributed by atoms with van der Waals surface area (Å²) >= 11 is 12.0. The van der Waals surface area contributed by atoms with Gasteiger partial charge >= 0.3 is 12.2 Å². The molecule has 2 aromatic heterocycles. The van der Waals surface area contributed by atoms with Crippen LogP contribution in [0.2, 0.25) is 10.0 Å². The van der Waals surface area contributed by atoms with Crippen molar-refractivity contribution in [2.24, 2.45) is 0 Å². The number of nitrogens with zero attached hydrogens (tertiary/aromatic N) is 3. The lowest BCUT2D eigenvalue weighted by molar-refractivity contribution is -0.137. The second-order valence-corrected chi connectivity index (χ2v) is 10.0. The zero-order valence-electron chi connectivity index (χ0n) is 20.4. The van der Waals surface area contributed by atoms with Gasteiger partial charge in [-0.3, -0.25) is 9.47 Å². The van der Waals surface area contributed by atoms with Gasteiger partial charge in [0.1, 0.15) is 0 Å². The van der Waals surface area contributed by atoms with E-state index in [-0.39, 0.29) is 6.54 Å². The molecule has 39 heavy (non-hydrogen) atoms. The van der Waals surface area contributed by atoms with Gasteiger partial charge in [-0.05, 0) is 59.2 Å². The lowest BCUT2D eigenvalue weighted by Gasteiger charge is -2.27. The summed E-state index contributed by atoms with van der Waals surface area (Å²) in [6.07, 6.45) is 1.09. The smallest absolute Gasteiger partial charge is 0.333 e. The first-order valence-electron chi connectivity index (χ1n) is 12.1. The van der Waals surface area contributed by atoms with Crippen LogP contribution in [0.5, 0.6) is 0 Å². The summed E-state index contributed by atoms with van der Waals surface area (Å²) in [6.45, 7) is 1.56. The number of carbonyl (C=O) groups is 1. The van der Waals surface area contributed by atoms with E-state index in [1.54, 1.807) is 18.2 Å². The Morgan fingerprint density at radius 1 is 1.08 bits per heavy atom. The summed E-state index contributed by atoms with van der Waals surface area (Å²) in [5.41, 5.74) is 2.33. The van der Waals surface area contributed by atoms with Gasteiger partial charge in [-0.15, -0.1) is 0 Å². The molecule has 0 bridgehead atoms. The van der Waals surface area contributed by atoms with Crippen LogP contribution in [-0.4, -0.2) is 33.6 Å². The number of hydrogen-bond donors (Lipinski definition) is 1. The first-order chi connectivity index (χ1) is 18.6. The fourth-order valence-corrected chi connectivity index (χ4v) is 5.05. The number of nitrogens with one attached hydrogen (secondary N) is 1. The monoisotopic (exact) mass is 576 g/mol. The molecule has 0 unspecified atom stereocenters. The molecule has 1 amide bonds. The molecule has 2 aromatic carbocycles. The molecule has 0 spiro atoms. The third-order valence-electron chi connectivity index (χ3n) is 6.61. The molecule has 5 nitrogen and oxygen atoms in total. The van der Waals surface area contributed by atoms with Crippen LogP contribution in [0.4, 0.5) is 22.4 Å². The van der Waals surface area contributed by atoms with Crippen LogP contribution in [0, 0.1) is 5.95 Å². The number of alkyl halides is 3. The average molecular weight is 577 g/mol. The van der Waals surface area contributed by atoms with Gasteiger partial charge in [0.05, 0.1) is 21.1 Å². The van der Waals surface area contributed by atoms with Crippen LogP contribution < -0.4 is 5.32 Å². The highest BCUT2D eigenvalue weighted by atomic mass is 35.5.